The summed E-state index contributed by atoms with van der Waals surface area (Å²) in [7, 11) is 1.74. The Morgan fingerprint density at radius 2 is 1.88 bits per heavy atom. The molecule has 1 heterocycles. The van der Waals surface area contributed by atoms with Gasteiger partial charge in [0, 0.05) is 24.0 Å². The molecule has 0 unspecified atom stereocenters. The SMILES string of the molecule is COCC1(CNC(=O)CSc2ccc(C(C)(C)C)cc2)CCNCC1. The molecule has 140 valence electrons. The maximum absolute atomic E-state index is 12.2. The Morgan fingerprint density at radius 3 is 2.44 bits per heavy atom. The average molecular weight is 365 g/mol. The van der Waals surface area contributed by atoms with Crippen molar-refractivity contribution in [2.45, 2.75) is 43.9 Å². The minimum absolute atomic E-state index is 0.0781. The highest BCUT2D eigenvalue weighted by molar-refractivity contribution is 8.00. The molecular formula is C20H32N2O2S. The van der Waals surface area contributed by atoms with E-state index in [-0.39, 0.29) is 16.7 Å². The van der Waals surface area contributed by atoms with Gasteiger partial charge in [0.15, 0.2) is 0 Å². The zero-order chi connectivity index (χ0) is 18.3. The number of amides is 1. The molecular weight excluding hydrogens is 332 g/mol. The van der Waals surface area contributed by atoms with Crippen LogP contribution in [0.5, 0.6) is 0 Å². The molecule has 1 aliphatic heterocycles. The summed E-state index contributed by atoms with van der Waals surface area (Å²) in [4.78, 5) is 13.4. The minimum Gasteiger partial charge on any atom is -0.384 e. The van der Waals surface area contributed by atoms with E-state index in [0.29, 0.717) is 18.9 Å². The molecule has 2 N–H and O–H groups in total. The molecule has 1 aromatic rings. The molecule has 1 fully saturated rings. The molecule has 1 amide bonds. The number of carbonyl (C=O) groups is 1. The lowest BCUT2D eigenvalue weighted by Crippen LogP contribution is -2.47. The van der Waals surface area contributed by atoms with Crippen molar-refractivity contribution in [1.29, 1.82) is 0 Å². The third kappa shape index (κ3) is 6.32. The minimum atomic E-state index is 0.0781. The summed E-state index contributed by atoms with van der Waals surface area (Å²) < 4.78 is 5.40. The fourth-order valence-corrected chi connectivity index (χ4v) is 3.90. The van der Waals surface area contributed by atoms with E-state index in [1.54, 1.807) is 18.9 Å². The van der Waals surface area contributed by atoms with E-state index in [1.165, 1.54) is 5.56 Å². The number of piperidine rings is 1. The van der Waals surface area contributed by atoms with Gasteiger partial charge in [-0.3, -0.25) is 4.79 Å². The van der Waals surface area contributed by atoms with Crippen molar-refractivity contribution in [3.8, 4) is 0 Å². The molecule has 1 aromatic carbocycles. The summed E-state index contributed by atoms with van der Waals surface area (Å²) in [5.41, 5.74) is 1.55. The highest BCUT2D eigenvalue weighted by atomic mass is 32.2. The monoisotopic (exact) mass is 364 g/mol. The topological polar surface area (TPSA) is 50.4 Å². The van der Waals surface area contributed by atoms with Crippen LogP contribution in [0.1, 0.15) is 39.2 Å². The Hall–Kier alpha value is -1.04. The first-order chi connectivity index (χ1) is 11.8. The van der Waals surface area contributed by atoms with Crippen LogP contribution in [-0.2, 0) is 14.9 Å². The number of carbonyl (C=O) groups excluding carboxylic acids is 1. The van der Waals surface area contributed by atoms with Crippen LogP contribution in [0.4, 0.5) is 0 Å². The Balaban J connectivity index is 1.80. The molecule has 0 aliphatic carbocycles. The summed E-state index contributed by atoms with van der Waals surface area (Å²) in [6.45, 7) is 10.0. The summed E-state index contributed by atoms with van der Waals surface area (Å²) >= 11 is 1.59. The molecule has 0 spiro atoms. The Morgan fingerprint density at radius 1 is 1.24 bits per heavy atom. The Bertz CT molecular complexity index is 540. The van der Waals surface area contributed by atoms with Gasteiger partial charge in [-0.15, -0.1) is 11.8 Å². The second-order valence-electron chi connectivity index (χ2n) is 8.02. The Labute approximate surface area is 156 Å². The van der Waals surface area contributed by atoms with E-state index in [9.17, 15) is 4.79 Å². The quantitative estimate of drug-likeness (QED) is 0.730. The van der Waals surface area contributed by atoms with Gasteiger partial charge in [-0.05, 0) is 49.0 Å². The number of hydrogen-bond donors (Lipinski definition) is 2. The van der Waals surface area contributed by atoms with Crippen LogP contribution in [0, 0.1) is 5.41 Å². The molecule has 25 heavy (non-hydrogen) atoms. The van der Waals surface area contributed by atoms with Crippen LogP contribution in [-0.4, -0.2) is 45.0 Å². The van der Waals surface area contributed by atoms with Crippen LogP contribution in [0.2, 0.25) is 0 Å². The Kier molecular flexibility index (Phi) is 7.35. The zero-order valence-corrected chi connectivity index (χ0v) is 16.8. The van der Waals surface area contributed by atoms with Gasteiger partial charge in [-0.2, -0.15) is 0 Å². The third-order valence-corrected chi connectivity index (χ3v) is 5.88. The molecule has 2 rings (SSSR count). The molecule has 0 bridgehead atoms. The second-order valence-corrected chi connectivity index (χ2v) is 9.07. The summed E-state index contributed by atoms with van der Waals surface area (Å²) in [5, 5.41) is 6.49. The van der Waals surface area contributed by atoms with Crippen molar-refractivity contribution in [3.05, 3.63) is 29.8 Å². The molecule has 1 aliphatic rings. The predicted molar refractivity (Wildman–Crippen MR) is 105 cm³/mol. The maximum atomic E-state index is 12.2. The standard InChI is InChI=1S/C20H32N2O2S/c1-19(2,3)16-5-7-17(8-6-16)25-13-18(23)22-14-20(15-24-4)9-11-21-12-10-20/h5-8,21H,9-15H2,1-4H3,(H,22,23). The molecule has 4 nitrogen and oxygen atoms in total. The fourth-order valence-electron chi connectivity index (χ4n) is 3.17. The van der Waals surface area contributed by atoms with Crippen molar-refractivity contribution >= 4 is 17.7 Å². The van der Waals surface area contributed by atoms with Gasteiger partial charge in [0.2, 0.25) is 5.91 Å². The summed E-state index contributed by atoms with van der Waals surface area (Å²) in [6, 6.07) is 8.53. The third-order valence-electron chi connectivity index (χ3n) is 4.87. The predicted octanol–water partition coefficient (Wildman–Crippen LogP) is 3.21. The fraction of sp³-hybridized carbons (Fsp3) is 0.650. The van der Waals surface area contributed by atoms with Crippen LogP contribution < -0.4 is 10.6 Å². The van der Waals surface area contributed by atoms with Crippen molar-refractivity contribution in [3.63, 3.8) is 0 Å². The molecule has 0 saturated carbocycles. The maximum Gasteiger partial charge on any atom is 0.230 e. The zero-order valence-electron chi connectivity index (χ0n) is 16.0. The van der Waals surface area contributed by atoms with Crippen molar-refractivity contribution in [1.82, 2.24) is 10.6 Å². The van der Waals surface area contributed by atoms with Crippen LogP contribution in [0.25, 0.3) is 0 Å². The van der Waals surface area contributed by atoms with E-state index in [4.69, 9.17) is 4.74 Å². The molecule has 1 saturated heterocycles. The number of benzene rings is 1. The number of ether oxygens (including phenoxy) is 1. The summed E-state index contributed by atoms with van der Waals surface area (Å²) in [5.74, 6) is 0.551. The van der Waals surface area contributed by atoms with Crippen molar-refractivity contribution in [2.75, 3.05) is 39.1 Å². The van der Waals surface area contributed by atoms with E-state index in [0.717, 1.165) is 30.8 Å². The van der Waals surface area contributed by atoms with Gasteiger partial charge in [-0.1, -0.05) is 32.9 Å². The van der Waals surface area contributed by atoms with E-state index in [1.807, 2.05) is 0 Å². The number of hydrogen-bond acceptors (Lipinski definition) is 4. The van der Waals surface area contributed by atoms with Gasteiger partial charge in [-0.25, -0.2) is 0 Å². The second kappa shape index (κ2) is 9.06. The largest absolute Gasteiger partial charge is 0.384 e. The van der Waals surface area contributed by atoms with Gasteiger partial charge in [0.25, 0.3) is 0 Å². The summed E-state index contributed by atoms with van der Waals surface area (Å²) in [6.07, 6.45) is 2.09. The van der Waals surface area contributed by atoms with Crippen LogP contribution >= 0.6 is 11.8 Å². The van der Waals surface area contributed by atoms with Crippen LogP contribution in [0.15, 0.2) is 29.2 Å². The smallest absolute Gasteiger partial charge is 0.230 e. The molecule has 0 radical (unpaired) electrons. The molecule has 0 aromatic heterocycles. The number of thioether (sulfide) groups is 1. The lowest BCUT2D eigenvalue weighted by molar-refractivity contribution is -0.119. The molecule has 0 atom stereocenters. The van der Waals surface area contributed by atoms with Gasteiger partial charge in [0.1, 0.15) is 0 Å². The first-order valence-electron chi connectivity index (χ1n) is 9.04. The van der Waals surface area contributed by atoms with E-state index < -0.39 is 0 Å². The highest BCUT2D eigenvalue weighted by Crippen LogP contribution is 2.28. The highest BCUT2D eigenvalue weighted by Gasteiger charge is 2.32. The average Bonchev–Trinajstić information content (AvgIpc) is 2.59. The van der Waals surface area contributed by atoms with E-state index >= 15 is 0 Å². The lowest BCUT2D eigenvalue weighted by Gasteiger charge is -2.37. The van der Waals surface area contributed by atoms with E-state index in [2.05, 4.69) is 55.7 Å². The normalized spacial score (nSPS) is 17.3. The van der Waals surface area contributed by atoms with Gasteiger partial charge < -0.3 is 15.4 Å². The van der Waals surface area contributed by atoms with Crippen molar-refractivity contribution < 1.29 is 9.53 Å². The number of methoxy groups -OCH3 is 1. The van der Waals surface area contributed by atoms with Gasteiger partial charge >= 0.3 is 0 Å². The first-order valence-corrected chi connectivity index (χ1v) is 10.0. The van der Waals surface area contributed by atoms with Crippen LogP contribution in [0.3, 0.4) is 0 Å². The molecule has 5 heteroatoms. The lowest BCUT2D eigenvalue weighted by atomic mass is 9.79. The number of nitrogens with one attached hydrogen (secondary N) is 2. The number of rotatable bonds is 7. The first kappa shape index (κ1) is 20.3. The van der Waals surface area contributed by atoms with Gasteiger partial charge in [0.05, 0.1) is 12.4 Å². The van der Waals surface area contributed by atoms with Crippen molar-refractivity contribution in [2.24, 2.45) is 5.41 Å².